The van der Waals surface area contributed by atoms with Crippen molar-refractivity contribution in [1.82, 2.24) is 19.9 Å². The van der Waals surface area contributed by atoms with E-state index >= 15 is 0 Å². The Morgan fingerprint density at radius 1 is 1.03 bits per heavy atom. The molecule has 0 saturated carbocycles. The Hall–Kier alpha value is -3.47. The van der Waals surface area contributed by atoms with Gasteiger partial charge >= 0.3 is 0 Å². The number of imidazole rings is 1. The van der Waals surface area contributed by atoms with E-state index in [2.05, 4.69) is 64.3 Å². The molecule has 29 heavy (non-hydrogen) atoms. The molecule has 1 N–H and O–H groups in total. The van der Waals surface area contributed by atoms with E-state index in [9.17, 15) is 4.79 Å². The van der Waals surface area contributed by atoms with Crippen LogP contribution < -0.4 is 5.32 Å². The van der Waals surface area contributed by atoms with Gasteiger partial charge in [-0.15, -0.1) is 0 Å². The van der Waals surface area contributed by atoms with Crippen molar-refractivity contribution in [1.29, 1.82) is 0 Å². The molecule has 0 fully saturated rings. The Kier molecular flexibility index (Phi) is 5.66. The highest BCUT2D eigenvalue weighted by molar-refractivity contribution is 5.93. The van der Waals surface area contributed by atoms with Crippen molar-refractivity contribution in [3.05, 3.63) is 95.6 Å². The third-order valence-electron chi connectivity index (χ3n) is 5.11. The van der Waals surface area contributed by atoms with Crippen LogP contribution in [0.25, 0.3) is 11.0 Å². The monoisotopic (exact) mass is 384 g/mol. The largest absolute Gasteiger partial charge is 0.352 e. The van der Waals surface area contributed by atoms with Gasteiger partial charge in [0.25, 0.3) is 5.91 Å². The number of fused-ring (bicyclic) bond motifs is 1. The number of nitrogens with zero attached hydrogens (tertiary/aromatic N) is 3. The summed E-state index contributed by atoms with van der Waals surface area (Å²) in [5.41, 5.74) is 5.31. The summed E-state index contributed by atoms with van der Waals surface area (Å²) in [5, 5.41) is 2.97. The summed E-state index contributed by atoms with van der Waals surface area (Å²) >= 11 is 0. The van der Waals surface area contributed by atoms with Gasteiger partial charge in [0, 0.05) is 31.9 Å². The van der Waals surface area contributed by atoms with Crippen LogP contribution in [0.1, 0.15) is 33.7 Å². The second kappa shape index (κ2) is 8.69. The topological polar surface area (TPSA) is 59.8 Å². The van der Waals surface area contributed by atoms with Crippen LogP contribution in [-0.4, -0.2) is 27.0 Å². The number of carbonyl (C=O) groups is 1. The highest BCUT2D eigenvalue weighted by atomic mass is 16.1. The van der Waals surface area contributed by atoms with Crippen LogP contribution in [0.5, 0.6) is 0 Å². The van der Waals surface area contributed by atoms with E-state index in [1.807, 2.05) is 6.07 Å². The van der Waals surface area contributed by atoms with Crippen LogP contribution in [0, 0.1) is 6.92 Å². The van der Waals surface area contributed by atoms with Gasteiger partial charge in [-0.05, 0) is 48.7 Å². The summed E-state index contributed by atoms with van der Waals surface area (Å²) in [7, 11) is 0. The molecule has 0 unspecified atom stereocenters. The Bertz CT molecular complexity index is 1120. The first-order valence-corrected chi connectivity index (χ1v) is 9.89. The van der Waals surface area contributed by atoms with E-state index in [4.69, 9.17) is 4.98 Å². The lowest BCUT2D eigenvalue weighted by atomic mass is 10.1. The number of hydrogen-bond acceptors (Lipinski definition) is 3. The molecular formula is C24H24N4O. The smallest absolute Gasteiger partial charge is 0.252 e. The number of aromatic nitrogens is 3. The van der Waals surface area contributed by atoms with Crippen LogP contribution >= 0.6 is 0 Å². The SMILES string of the molecule is Cc1ccccc1Cn1c(CCCNC(=O)c2cccnc2)nc2ccccc21. The van der Waals surface area contributed by atoms with E-state index < -0.39 is 0 Å². The predicted molar refractivity (Wildman–Crippen MR) is 115 cm³/mol. The third-order valence-corrected chi connectivity index (χ3v) is 5.11. The van der Waals surface area contributed by atoms with E-state index in [0.29, 0.717) is 12.1 Å². The van der Waals surface area contributed by atoms with Crippen LogP contribution in [0.2, 0.25) is 0 Å². The maximum absolute atomic E-state index is 12.2. The minimum atomic E-state index is -0.0912. The van der Waals surface area contributed by atoms with E-state index in [-0.39, 0.29) is 5.91 Å². The molecule has 0 aliphatic heterocycles. The van der Waals surface area contributed by atoms with Gasteiger partial charge in [0.15, 0.2) is 0 Å². The summed E-state index contributed by atoms with van der Waals surface area (Å²) in [5.74, 6) is 0.955. The number of carbonyl (C=O) groups excluding carboxylic acids is 1. The molecule has 1 amide bonds. The zero-order valence-corrected chi connectivity index (χ0v) is 16.5. The lowest BCUT2D eigenvalue weighted by Crippen LogP contribution is -2.25. The number of hydrogen-bond donors (Lipinski definition) is 1. The number of pyridine rings is 1. The van der Waals surface area contributed by atoms with Gasteiger partial charge in [0.05, 0.1) is 16.6 Å². The molecule has 0 spiro atoms. The van der Waals surface area contributed by atoms with Gasteiger partial charge in [0.2, 0.25) is 0 Å². The molecule has 4 rings (SSSR count). The van der Waals surface area contributed by atoms with Gasteiger partial charge in [-0.2, -0.15) is 0 Å². The Morgan fingerprint density at radius 2 is 1.86 bits per heavy atom. The van der Waals surface area contributed by atoms with Crippen LogP contribution in [0.3, 0.4) is 0 Å². The second-order valence-corrected chi connectivity index (χ2v) is 7.13. The van der Waals surface area contributed by atoms with Gasteiger partial charge in [-0.3, -0.25) is 9.78 Å². The Labute approximate surface area is 170 Å². The van der Waals surface area contributed by atoms with Crippen molar-refractivity contribution in [2.24, 2.45) is 0 Å². The Balaban J connectivity index is 1.47. The minimum absolute atomic E-state index is 0.0912. The fourth-order valence-corrected chi connectivity index (χ4v) is 3.50. The zero-order valence-electron chi connectivity index (χ0n) is 16.5. The third kappa shape index (κ3) is 4.35. The van der Waals surface area contributed by atoms with Gasteiger partial charge < -0.3 is 9.88 Å². The molecule has 5 heteroatoms. The van der Waals surface area contributed by atoms with Gasteiger partial charge in [-0.25, -0.2) is 4.98 Å². The predicted octanol–water partition coefficient (Wildman–Crippen LogP) is 4.15. The number of para-hydroxylation sites is 2. The molecule has 4 aromatic rings. The van der Waals surface area contributed by atoms with Gasteiger partial charge in [-0.1, -0.05) is 36.4 Å². The van der Waals surface area contributed by atoms with Gasteiger partial charge in [0.1, 0.15) is 5.82 Å². The molecule has 0 bridgehead atoms. The molecule has 0 saturated heterocycles. The molecule has 2 heterocycles. The molecule has 5 nitrogen and oxygen atoms in total. The van der Waals surface area contributed by atoms with E-state index in [1.54, 1.807) is 24.5 Å². The highest BCUT2D eigenvalue weighted by Crippen LogP contribution is 2.20. The van der Waals surface area contributed by atoms with Crippen molar-refractivity contribution in [3.8, 4) is 0 Å². The van der Waals surface area contributed by atoms with Crippen molar-refractivity contribution in [3.63, 3.8) is 0 Å². The Morgan fingerprint density at radius 3 is 2.69 bits per heavy atom. The zero-order chi connectivity index (χ0) is 20.1. The van der Waals surface area contributed by atoms with E-state index in [1.165, 1.54) is 11.1 Å². The summed E-state index contributed by atoms with van der Waals surface area (Å²) in [6.45, 7) is 3.54. The summed E-state index contributed by atoms with van der Waals surface area (Å²) in [4.78, 5) is 21.0. The molecular weight excluding hydrogens is 360 g/mol. The van der Waals surface area contributed by atoms with Crippen molar-refractivity contribution < 1.29 is 4.79 Å². The summed E-state index contributed by atoms with van der Waals surface area (Å²) in [6.07, 6.45) is 4.86. The highest BCUT2D eigenvalue weighted by Gasteiger charge is 2.12. The fraction of sp³-hybridized carbons (Fsp3) is 0.208. The maximum atomic E-state index is 12.2. The summed E-state index contributed by atoms with van der Waals surface area (Å²) < 4.78 is 2.29. The summed E-state index contributed by atoms with van der Waals surface area (Å²) in [6, 6.07) is 20.2. The van der Waals surface area contributed by atoms with Crippen molar-refractivity contribution in [2.75, 3.05) is 6.54 Å². The lowest BCUT2D eigenvalue weighted by molar-refractivity contribution is 0.0953. The minimum Gasteiger partial charge on any atom is -0.352 e. The number of aryl methyl sites for hydroxylation is 2. The normalized spacial score (nSPS) is 10.9. The van der Waals surface area contributed by atoms with E-state index in [0.717, 1.165) is 36.2 Å². The fourth-order valence-electron chi connectivity index (χ4n) is 3.50. The number of benzene rings is 2. The molecule has 2 aromatic carbocycles. The maximum Gasteiger partial charge on any atom is 0.252 e. The van der Waals surface area contributed by atoms with Crippen LogP contribution in [-0.2, 0) is 13.0 Å². The molecule has 146 valence electrons. The first-order chi connectivity index (χ1) is 14.2. The number of nitrogens with one attached hydrogen (secondary N) is 1. The molecule has 0 aliphatic rings. The molecule has 2 aromatic heterocycles. The number of rotatable bonds is 7. The van der Waals surface area contributed by atoms with Crippen LogP contribution in [0.15, 0.2) is 73.1 Å². The van der Waals surface area contributed by atoms with Crippen molar-refractivity contribution in [2.45, 2.75) is 26.3 Å². The average Bonchev–Trinajstić information content (AvgIpc) is 3.10. The second-order valence-electron chi connectivity index (χ2n) is 7.13. The first-order valence-electron chi connectivity index (χ1n) is 9.89. The van der Waals surface area contributed by atoms with Crippen molar-refractivity contribution >= 4 is 16.9 Å². The lowest BCUT2D eigenvalue weighted by Gasteiger charge is -2.12. The molecule has 0 radical (unpaired) electrons. The quantitative estimate of drug-likeness (QED) is 0.487. The average molecular weight is 384 g/mol. The number of amides is 1. The molecule has 0 aliphatic carbocycles. The standard InChI is InChI=1S/C24H24N4O/c1-18-8-2-3-9-20(18)17-28-22-12-5-4-11-21(22)27-23(28)13-7-15-26-24(29)19-10-6-14-25-16-19/h2-6,8-12,14,16H,7,13,15,17H2,1H3,(H,26,29). The van der Waals surface area contributed by atoms with Crippen LogP contribution in [0.4, 0.5) is 0 Å². The molecule has 0 atom stereocenters. The first kappa shape index (κ1) is 18.9.